The quantitative estimate of drug-likeness (QED) is 0.854. The van der Waals surface area contributed by atoms with Crippen molar-refractivity contribution in [1.82, 2.24) is 5.32 Å². The van der Waals surface area contributed by atoms with Crippen molar-refractivity contribution in [2.24, 2.45) is 11.8 Å². The molecule has 0 heterocycles. The summed E-state index contributed by atoms with van der Waals surface area (Å²) in [5.74, 6) is -1.33. The zero-order chi connectivity index (χ0) is 17.9. The minimum atomic E-state index is -0.750. The van der Waals surface area contributed by atoms with Crippen LogP contribution in [0.5, 0.6) is 0 Å². The number of carbonyl (C=O) groups excluding carboxylic acids is 1. The Labute approximate surface area is 147 Å². The molecule has 0 atom stereocenters. The van der Waals surface area contributed by atoms with Crippen LogP contribution in [-0.4, -0.2) is 23.5 Å². The predicted octanol–water partition coefficient (Wildman–Crippen LogP) is 3.64. The molecule has 3 rings (SSSR count). The Morgan fingerprint density at radius 3 is 2.16 bits per heavy atom. The van der Waals surface area contributed by atoms with Gasteiger partial charge in [0, 0.05) is 17.9 Å². The highest BCUT2D eigenvalue weighted by Gasteiger charge is 2.37. The van der Waals surface area contributed by atoms with Gasteiger partial charge in [-0.2, -0.15) is 0 Å². The van der Waals surface area contributed by atoms with E-state index in [1.807, 2.05) is 12.1 Å². The van der Waals surface area contributed by atoms with Gasteiger partial charge in [-0.25, -0.2) is 4.39 Å². The van der Waals surface area contributed by atoms with Gasteiger partial charge in [-0.3, -0.25) is 9.59 Å². The van der Waals surface area contributed by atoms with Gasteiger partial charge < -0.3 is 10.4 Å². The smallest absolute Gasteiger partial charge is 0.306 e. The molecule has 0 aliphatic heterocycles. The van der Waals surface area contributed by atoms with Gasteiger partial charge in [0.15, 0.2) is 0 Å². The summed E-state index contributed by atoms with van der Waals surface area (Å²) in [6, 6.07) is 6.66. The van der Waals surface area contributed by atoms with E-state index < -0.39 is 5.97 Å². The molecular formula is C20H26FNO3. The Kier molecular flexibility index (Phi) is 5.40. The molecule has 25 heavy (non-hydrogen) atoms. The Bertz CT molecular complexity index is 614. The molecule has 136 valence electrons. The van der Waals surface area contributed by atoms with E-state index in [2.05, 4.69) is 5.32 Å². The summed E-state index contributed by atoms with van der Waals surface area (Å²) in [7, 11) is 0. The van der Waals surface area contributed by atoms with E-state index in [9.17, 15) is 14.0 Å². The van der Waals surface area contributed by atoms with Crippen molar-refractivity contribution < 1.29 is 19.1 Å². The van der Waals surface area contributed by atoms with Crippen LogP contribution >= 0.6 is 0 Å². The van der Waals surface area contributed by atoms with E-state index >= 15 is 0 Å². The molecule has 0 saturated heterocycles. The number of hydrogen-bond acceptors (Lipinski definition) is 2. The maximum absolute atomic E-state index is 13.2. The normalized spacial score (nSPS) is 25.5. The lowest BCUT2D eigenvalue weighted by Crippen LogP contribution is -2.42. The highest BCUT2D eigenvalue weighted by atomic mass is 19.1. The van der Waals surface area contributed by atoms with Gasteiger partial charge in [-0.05, 0) is 56.2 Å². The van der Waals surface area contributed by atoms with Gasteiger partial charge in [0.1, 0.15) is 5.82 Å². The zero-order valence-electron chi connectivity index (χ0n) is 14.5. The van der Waals surface area contributed by atoms with Crippen LogP contribution in [0.15, 0.2) is 24.3 Å². The Hall–Kier alpha value is -1.91. The molecule has 5 heteroatoms. The molecule has 2 N–H and O–H groups in total. The van der Waals surface area contributed by atoms with Crippen LogP contribution in [0.3, 0.4) is 0 Å². The lowest BCUT2D eigenvalue weighted by atomic mass is 9.78. The molecule has 0 aromatic heterocycles. The standard InChI is InChI=1S/C20H26FNO3/c21-17-9-7-16(8-10-17)20(11-1-2-12-20)13-22-18(23)14-3-5-15(6-4-14)19(24)25/h7-10,14-15H,1-6,11-13H2,(H,22,23)(H,24,25). The van der Waals surface area contributed by atoms with Crippen LogP contribution in [0.25, 0.3) is 0 Å². The topological polar surface area (TPSA) is 66.4 Å². The number of carbonyl (C=O) groups is 2. The number of hydrogen-bond donors (Lipinski definition) is 2. The Morgan fingerprint density at radius 2 is 1.60 bits per heavy atom. The van der Waals surface area contributed by atoms with Crippen LogP contribution < -0.4 is 5.32 Å². The summed E-state index contributed by atoms with van der Waals surface area (Å²) in [5, 5.41) is 12.2. The maximum Gasteiger partial charge on any atom is 0.306 e. The molecule has 2 aliphatic rings. The second-order valence-electron chi connectivity index (χ2n) is 7.60. The van der Waals surface area contributed by atoms with Crippen molar-refractivity contribution in [3.63, 3.8) is 0 Å². The van der Waals surface area contributed by atoms with Crippen LogP contribution in [0.1, 0.15) is 56.9 Å². The summed E-state index contributed by atoms with van der Waals surface area (Å²) in [5.41, 5.74) is 1.00. The molecule has 0 radical (unpaired) electrons. The fourth-order valence-corrected chi connectivity index (χ4v) is 4.43. The number of aliphatic carboxylic acids is 1. The average molecular weight is 347 g/mol. The molecule has 2 fully saturated rings. The monoisotopic (exact) mass is 347 g/mol. The summed E-state index contributed by atoms with van der Waals surface area (Å²) in [6.45, 7) is 0.580. The van der Waals surface area contributed by atoms with Crippen LogP contribution in [0, 0.1) is 17.7 Å². The molecule has 0 bridgehead atoms. The third kappa shape index (κ3) is 4.02. The van der Waals surface area contributed by atoms with E-state index in [0.717, 1.165) is 31.2 Å². The fraction of sp³-hybridized carbons (Fsp3) is 0.600. The first-order valence-electron chi connectivity index (χ1n) is 9.27. The van der Waals surface area contributed by atoms with Gasteiger partial charge in [0.25, 0.3) is 0 Å². The van der Waals surface area contributed by atoms with Crippen molar-refractivity contribution in [3.05, 3.63) is 35.6 Å². The van der Waals surface area contributed by atoms with E-state index in [0.29, 0.717) is 32.2 Å². The van der Waals surface area contributed by atoms with Gasteiger partial charge >= 0.3 is 5.97 Å². The Balaban J connectivity index is 1.60. The number of rotatable bonds is 5. The molecular weight excluding hydrogens is 321 g/mol. The van der Waals surface area contributed by atoms with Crippen LogP contribution in [0.4, 0.5) is 4.39 Å². The van der Waals surface area contributed by atoms with E-state index in [1.165, 1.54) is 12.1 Å². The van der Waals surface area contributed by atoms with Gasteiger partial charge in [-0.1, -0.05) is 25.0 Å². The molecule has 4 nitrogen and oxygen atoms in total. The number of nitrogens with one attached hydrogen (secondary N) is 1. The molecule has 2 saturated carbocycles. The van der Waals surface area contributed by atoms with Gasteiger partial charge in [0.2, 0.25) is 5.91 Å². The molecule has 0 spiro atoms. The van der Waals surface area contributed by atoms with Crippen LogP contribution in [-0.2, 0) is 15.0 Å². The minimum absolute atomic E-state index is 0.0391. The summed E-state index contributed by atoms with van der Waals surface area (Å²) in [6.07, 6.45) is 6.70. The van der Waals surface area contributed by atoms with E-state index in [4.69, 9.17) is 5.11 Å². The van der Waals surface area contributed by atoms with Crippen molar-refractivity contribution >= 4 is 11.9 Å². The molecule has 1 aromatic rings. The van der Waals surface area contributed by atoms with E-state index in [-0.39, 0.29) is 29.0 Å². The van der Waals surface area contributed by atoms with Crippen LogP contribution in [0.2, 0.25) is 0 Å². The first-order valence-corrected chi connectivity index (χ1v) is 9.27. The highest BCUT2D eigenvalue weighted by molar-refractivity contribution is 5.79. The van der Waals surface area contributed by atoms with E-state index in [1.54, 1.807) is 0 Å². The highest BCUT2D eigenvalue weighted by Crippen LogP contribution is 2.41. The number of carboxylic acids is 1. The van der Waals surface area contributed by atoms with Crippen molar-refractivity contribution in [2.75, 3.05) is 6.54 Å². The number of benzene rings is 1. The number of halogens is 1. The minimum Gasteiger partial charge on any atom is -0.481 e. The summed E-state index contributed by atoms with van der Waals surface area (Å²) in [4.78, 5) is 23.6. The van der Waals surface area contributed by atoms with Gasteiger partial charge in [-0.15, -0.1) is 0 Å². The molecule has 2 aliphatic carbocycles. The lowest BCUT2D eigenvalue weighted by Gasteiger charge is -2.32. The van der Waals surface area contributed by atoms with Crippen molar-refractivity contribution in [1.29, 1.82) is 0 Å². The van der Waals surface area contributed by atoms with Crippen molar-refractivity contribution in [2.45, 2.75) is 56.8 Å². The third-order valence-electron chi connectivity index (χ3n) is 6.07. The summed E-state index contributed by atoms with van der Waals surface area (Å²) >= 11 is 0. The Morgan fingerprint density at radius 1 is 1.04 bits per heavy atom. The maximum atomic E-state index is 13.2. The predicted molar refractivity (Wildman–Crippen MR) is 92.6 cm³/mol. The lowest BCUT2D eigenvalue weighted by molar-refractivity contribution is -0.144. The fourth-order valence-electron chi connectivity index (χ4n) is 4.43. The zero-order valence-corrected chi connectivity index (χ0v) is 14.5. The molecule has 1 aromatic carbocycles. The second kappa shape index (κ2) is 7.54. The molecule has 1 amide bonds. The molecule has 0 unspecified atom stereocenters. The second-order valence-corrected chi connectivity index (χ2v) is 7.60. The SMILES string of the molecule is O=C(O)C1CCC(C(=O)NCC2(c3ccc(F)cc3)CCCC2)CC1. The van der Waals surface area contributed by atoms with Gasteiger partial charge in [0.05, 0.1) is 5.92 Å². The average Bonchev–Trinajstić information content (AvgIpc) is 3.10. The third-order valence-corrected chi connectivity index (χ3v) is 6.07. The first-order chi connectivity index (χ1) is 12.0. The number of carboxylic acid groups (broad SMARTS) is 1. The summed E-state index contributed by atoms with van der Waals surface area (Å²) < 4.78 is 13.2. The first kappa shape index (κ1) is 17.9. The number of amides is 1. The largest absolute Gasteiger partial charge is 0.481 e. The van der Waals surface area contributed by atoms with Crippen molar-refractivity contribution in [3.8, 4) is 0 Å².